The summed E-state index contributed by atoms with van der Waals surface area (Å²) in [6.07, 6.45) is 0.791. The Kier molecular flexibility index (Phi) is 6.60. The zero-order valence-electron chi connectivity index (χ0n) is 12.4. The normalized spacial score (nSPS) is 11.1. The standard InChI is InChI=1S/C17H22FNO2/c1-20-12-9-19-10-13-21-11-8-14-6-7-17(18)16-5-3-2-4-15(14)16/h2-7,19H,8-13H2,1H3. The summed E-state index contributed by atoms with van der Waals surface area (Å²) in [5.41, 5.74) is 1.12. The Labute approximate surface area is 125 Å². The van der Waals surface area contributed by atoms with E-state index >= 15 is 0 Å². The van der Waals surface area contributed by atoms with E-state index in [1.54, 1.807) is 7.11 Å². The molecule has 2 rings (SSSR count). The molecular weight excluding hydrogens is 269 g/mol. The van der Waals surface area contributed by atoms with Crippen molar-refractivity contribution in [1.29, 1.82) is 0 Å². The highest BCUT2D eigenvalue weighted by molar-refractivity contribution is 5.86. The molecule has 114 valence electrons. The van der Waals surface area contributed by atoms with Crippen LogP contribution >= 0.6 is 0 Å². The molecule has 1 N–H and O–H groups in total. The summed E-state index contributed by atoms with van der Waals surface area (Å²) in [7, 11) is 1.69. The first-order chi connectivity index (χ1) is 10.3. The molecule has 0 aliphatic heterocycles. The minimum atomic E-state index is -0.169. The van der Waals surface area contributed by atoms with Crippen LogP contribution in [0.3, 0.4) is 0 Å². The summed E-state index contributed by atoms with van der Waals surface area (Å²) >= 11 is 0. The number of halogens is 1. The quantitative estimate of drug-likeness (QED) is 0.721. The van der Waals surface area contributed by atoms with Crippen LogP contribution in [0.1, 0.15) is 5.56 Å². The Morgan fingerprint density at radius 1 is 0.952 bits per heavy atom. The van der Waals surface area contributed by atoms with E-state index in [0.717, 1.165) is 30.5 Å². The second-order valence-corrected chi connectivity index (χ2v) is 4.86. The smallest absolute Gasteiger partial charge is 0.131 e. The van der Waals surface area contributed by atoms with Crippen molar-refractivity contribution in [1.82, 2.24) is 5.32 Å². The highest BCUT2D eigenvalue weighted by Gasteiger charge is 2.04. The van der Waals surface area contributed by atoms with Crippen molar-refractivity contribution < 1.29 is 13.9 Å². The maximum atomic E-state index is 13.7. The van der Waals surface area contributed by atoms with Gasteiger partial charge in [-0.15, -0.1) is 0 Å². The number of fused-ring (bicyclic) bond motifs is 1. The molecule has 0 aliphatic rings. The van der Waals surface area contributed by atoms with E-state index in [9.17, 15) is 4.39 Å². The largest absolute Gasteiger partial charge is 0.383 e. The van der Waals surface area contributed by atoms with Crippen molar-refractivity contribution in [3.63, 3.8) is 0 Å². The van der Waals surface area contributed by atoms with Gasteiger partial charge >= 0.3 is 0 Å². The third-order valence-corrected chi connectivity index (χ3v) is 3.38. The van der Waals surface area contributed by atoms with Crippen LogP contribution in [-0.2, 0) is 15.9 Å². The molecule has 0 unspecified atom stereocenters. The molecule has 0 fully saturated rings. The van der Waals surface area contributed by atoms with Gasteiger partial charge in [-0.2, -0.15) is 0 Å². The van der Waals surface area contributed by atoms with E-state index in [1.165, 1.54) is 6.07 Å². The molecule has 0 aliphatic carbocycles. The number of hydrogen-bond donors (Lipinski definition) is 1. The Bertz CT molecular complexity index is 559. The summed E-state index contributed by atoms with van der Waals surface area (Å²) in [5, 5.41) is 4.87. The van der Waals surface area contributed by atoms with Crippen molar-refractivity contribution in [3.8, 4) is 0 Å². The lowest BCUT2D eigenvalue weighted by Crippen LogP contribution is -2.23. The van der Waals surface area contributed by atoms with Gasteiger partial charge in [0.25, 0.3) is 0 Å². The van der Waals surface area contributed by atoms with E-state index in [-0.39, 0.29) is 5.82 Å². The van der Waals surface area contributed by atoms with Crippen LogP contribution in [0.2, 0.25) is 0 Å². The molecule has 3 nitrogen and oxygen atoms in total. The topological polar surface area (TPSA) is 30.5 Å². The van der Waals surface area contributed by atoms with Gasteiger partial charge in [-0.3, -0.25) is 0 Å². The molecule has 2 aromatic carbocycles. The third kappa shape index (κ3) is 4.77. The third-order valence-electron chi connectivity index (χ3n) is 3.38. The van der Waals surface area contributed by atoms with Gasteiger partial charge in [0.15, 0.2) is 0 Å². The van der Waals surface area contributed by atoms with Gasteiger partial charge in [0, 0.05) is 25.6 Å². The van der Waals surface area contributed by atoms with Gasteiger partial charge in [0.2, 0.25) is 0 Å². The van der Waals surface area contributed by atoms with Crippen molar-refractivity contribution in [2.75, 3.05) is 40.0 Å². The Balaban J connectivity index is 1.78. The lowest BCUT2D eigenvalue weighted by Gasteiger charge is -2.09. The Hall–Kier alpha value is -1.49. The average Bonchev–Trinajstić information content (AvgIpc) is 2.52. The summed E-state index contributed by atoms with van der Waals surface area (Å²) in [6.45, 7) is 3.67. The maximum Gasteiger partial charge on any atom is 0.131 e. The minimum absolute atomic E-state index is 0.169. The SMILES string of the molecule is COCCNCCOCCc1ccc(F)c2ccccc12. The fraction of sp³-hybridized carbons (Fsp3) is 0.412. The molecule has 0 amide bonds. The molecular formula is C17H22FNO2. The van der Waals surface area contributed by atoms with Gasteiger partial charge in [0.05, 0.1) is 19.8 Å². The van der Waals surface area contributed by atoms with E-state index < -0.39 is 0 Å². The van der Waals surface area contributed by atoms with E-state index in [4.69, 9.17) is 9.47 Å². The van der Waals surface area contributed by atoms with Crippen molar-refractivity contribution >= 4 is 10.8 Å². The van der Waals surface area contributed by atoms with Gasteiger partial charge in [-0.1, -0.05) is 30.3 Å². The fourth-order valence-corrected chi connectivity index (χ4v) is 2.27. The molecule has 4 heteroatoms. The van der Waals surface area contributed by atoms with Crippen molar-refractivity contribution in [2.24, 2.45) is 0 Å². The van der Waals surface area contributed by atoms with Crippen LogP contribution < -0.4 is 5.32 Å². The second kappa shape index (κ2) is 8.72. The number of rotatable bonds is 9. The van der Waals surface area contributed by atoms with E-state index in [0.29, 0.717) is 25.2 Å². The maximum absolute atomic E-state index is 13.7. The molecule has 21 heavy (non-hydrogen) atoms. The molecule has 0 saturated carbocycles. The molecule has 0 aromatic heterocycles. The first-order valence-electron chi connectivity index (χ1n) is 7.26. The van der Waals surface area contributed by atoms with Crippen LogP contribution in [0.5, 0.6) is 0 Å². The summed E-state index contributed by atoms with van der Waals surface area (Å²) < 4.78 is 24.3. The molecule has 0 atom stereocenters. The van der Waals surface area contributed by atoms with Gasteiger partial charge in [-0.25, -0.2) is 4.39 Å². The Morgan fingerprint density at radius 3 is 2.52 bits per heavy atom. The zero-order valence-corrected chi connectivity index (χ0v) is 12.4. The lowest BCUT2D eigenvalue weighted by atomic mass is 10.0. The lowest BCUT2D eigenvalue weighted by molar-refractivity contribution is 0.135. The van der Waals surface area contributed by atoms with E-state index in [2.05, 4.69) is 5.32 Å². The second-order valence-electron chi connectivity index (χ2n) is 4.86. The van der Waals surface area contributed by atoms with Crippen LogP contribution in [0, 0.1) is 5.82 Å². The minimum Gasteiger partial charge on any atom is -0.383 e. The summed E-state index contributed by atoms with van der Waals surface area (Å²) in [5.74, 6) is -0.169. The highest BCUT2D eigenvalue weighted by Crippen LogP contribution is 2.22. The average molecular weight is 291 g/mol. The zero-order chi connectivity index (χ0) is 14.9. The predicted octanol–water partition coefficient (Wildman–Crippen LogP) is 2.77. The summed E-state index contributed by atoms with van der Waals surface area (Å²) in [4.78, 5) is 0. The molecule has 0 spiro atoms. The monoisotopic (exact) mass is 291 g/mol. The first-order valence-corrected chi connectivity index (χ1v) is 7.26. The number of hydrogen-bond acceptors (Lipinski definition) is 3. The van der Waals surface area contributed by atoms with E-state index in [1.807, 2.05) is 30.3 Å². The number of benzene rings is 2. The Morgan fingerprint density at radius 2 is 1.71 bits per heavy atom. The van der Waals surface area contributed by atoms with Crippen molar-refractivity contribution in [2.45, 2.75) is 6.42 Å². The van der Waals surface area contributed by atoms with Crippen LogP contribution in [0.4, 0.5) is 4.39 Å². The van der Waals surface area contributed by atoms with Gasteiger partial charge in [0.1, 0.15) is 5.82 Å². The number of ether oxygens (including phenoxy) is 2. The molecule has 0 heterocycles. The van der Waals surface area contributed by atoms with Crippen molar-refractivity contribution in [3.05, 3.63) is 47.8 Å². The molecule has 2 aromatic rings. The van der Waals surface area contributed by atoms with Crippen LogP contribution in [0.15, 0.2) is 36.4 Å². The number of methoxy groups -OCH3 is 1. The fourth-order valence-electron chi connectivity index (χ4n) is 2.27. The summed E-state index contributed by atoms with van der Waals surface area (Å²) in [6, 6.07) is 10.9. The van der Waals surface area contributed by atoms with Gasteiger partial charge in [-0.05, 0) is 23.4 Å². The van der Waals surface area contributed by atoms with Crippen LogP contribution in [-0.4, -0.2) is 40.0 Å². The van der Waals surface area contributed by atoms with Crippen LogP contribution in [0.25, 0.3) is 10.8 Å². The predicted molar refractivity (Wildman–Crippen MR) is 83.2 cm³/mol. The molecule has 0 radical (unpaired) electrons. The first kappa shape index (κ1) is 15.9. The van der Waals surface area contributed by atoms with Gasteiger partial charge < -0.3 is 14.8 Å². The molecule has 0 bridgehead atoms. The number of nitrogens with one attached hydrogen (secondary N) is 1. The molecule has 0 saturated heterocycles. The highest BCUT2D eigenvalue weighted by atomic mass is 19.1.